The van der Waals surface area contributed by atoms with Gasteiger partial charge in [-0.2, -0.15) is 0 Å². The minimum absolute atomic E-state index is 0.0628. The zero-order chi connectivity index (χ0) is 20.8. The molecular formula is C18H26N2O7. The highest BCUT2D eigenvalue weighted by molar-refractivity contribution is 5.84. The van der Waals surface area contributed by atoms with Crippen LogP contribution in [0.2, 0.25) is 0 Å². The first-order valence-electron chi connectivity index (χ1n) is 8.29. The summed E-state index contributed by atoms with van der Waals surface area (Å²) >= 11 is 0. The van der Waals surface area contributed by atoms with Crippen molar-refractivity contribution in [1.82, 2.24) is 4.98 Å². The average Bonchev–Trinajstić information content (AvgIpc) is 2.94. The van der Waals surface area contributed by atoms with Crippen LogP contribution < -0.4 is 5.73 Å². The van der Waals surface area contributed by atoms with E-state index < -0.39 is 17.9 Å². The van der Waals surface area contributed by atoms with Crippen molar-refractivity contribution in [3.63, 3.8) is 0 Å². The van der Waals surface area contributed by atoms with E-state index in [1.54, 1.807) is 12.1 Å². The van der Waals surface area contributed by atoms with Gasteiger partial charge in [-0.25, -0.2) is 0 Å². The van der Waals surface area contributed by atoms with Gasteiger partial charge in [0.25, 0.3) is 5.97 Å². The molecule has 0 fully saturated rings. The molecule has 0 aliphatic carbocycles. The number of unbranched alkanes of at least 4 members (excludes halogenated alkanes) is 1. The number of fused-ring (bicyclic) bond motifs is 1. The van der Waals surface area contributed by atoms with Crippen molar-refractivity contribution < 1.29 is 34.8 Å². The summed E-state index contributed by atoms with van der Waals surface area (Å²) in [6.07, 6.45) is 3.80. The van der Waals surface area contributed by atoms with Crippen LogP contribution in [0.1, 0.15) is 38.2 Å². The van der Waals surface area contributed by atoms with Gasteiger partial charge in [-0.05, 0) is 49.6 Å². The molecule has 1 heterocycles. The maximum atomic E-state index is 9.90. The topological polar surface area (TPSA) is 174 Å². The lowest BCUT2D eigenvalue weighted by molar-refractivity contribution is -0.139. The van der Waals surface area contributed by atoms with E-state index in [1.807, 2.05) is 12.3 Å². The molecule has 2 rings (SSSR count). The Morgan fingerprint density at radius 3 is 2.00 bits per heavy atom. The molecular weight excluding hydrogens is 356 g/mol. The Kier molecular flexibility index (Phi) is 11.7. The molecule has 0 radical (unpaired) electrons. The minimum atomic E-state index is -0.870. The number of aromatic amines is 1. The summed E-state index contributed by atoms with van der Waals surface area (Å²) in [4.78, 5) is 31.9. The van der Waals surface area contributed by atoms with Crippen LogP contribution in [-0.4, -0.2) is 49.9 Å². The summed E-state index contributed by atoms with van der Waals surface area (Å²) in [7, 11) is 0. The molecule has 0 amide bonds. The van der Waals surface area contributed by atoms with Gasteiger partial charge >= 0.3 is 11.9 Å². The number of nitrogens with one attached hydrogen (secondary N) is 1. The lowest BCUT2D eigenvalue weighted by atomic mass is 10.1. The van der Waals surface area contributed by atoms with Gasteiger partial charge in [0.1, 0.15) is 5.75 Å². The molecule has 2 aromatic rings. The molecule has 9 nitrogen and oxygen atoms in total. The summed E-state index contributed by atoms with van der Waals surface area (Å²) in [5.41, 5.74) is 7.68. The van der Waals surface area contributed by atoms with Crippen molar-refractivity contribution in [3.05, 3.63) is 30.0 Å². The molecule has 0 atom stereocenters. The molecule has 1 aromatic heterocycles. The minimum Gasteiger partial charge on any atom is -0.508 e. The van der Waals surface area contributed by atoms with Crippen LogP contribution in [0.5, 0.6) is 5.75 Å². The zero-order valence-corrected chi connectivity index (χ0v) is 15.1. The third kappa shape index (κ3) is 12.0. The Bertz CT molecular complexity index is 720. The summed E-state index contributed by atoms with van der Waals surface area (Å²) in [6.45, 7) is 1.71. The highest BCUT2D eigenvalue weighted by Crippen LogP contribution is 2.22. The largest absolute Gasteiger partial charge is 0.508 e. The van der Waals surface area contributed by atoms with E-state index in [0.29, 0.717) is 25.1 Å². The molecule has 0 unspecified atom stereocenters. The normalized spacial score (nSPS) is 9.56. The van der Waals surface area contributed by atoms with Crippen LogP contribution in [0, 0.1) is 0 Å². The second-order valence-corrected chi connectivity index (χ2v) is 5.60. The maximum absolute atomic E-state index is 9.90. The number of rotatable bonds is 7. The number of aromatic nitrogens is 1. The first-order valence-corrected chi connectivity index (χ1v) is 8.29. The number of benzene rings is 1. The number of carbonyl (C=O) groups is 3. The summed E-state index contributed by atoms with van der Waals surface area (Å²) in [5, 5.41) is 34.0. The molecule has 0 bridgehead atoms. The van der Waals surface area contributed by atoms with Crippen molar-refractivity contribution >= 4 is 28.8 Å². The van der Waals surface area contributed by atoms with E-state index in [-0.39, 0.29) is 12.8 Å². The van der Waals surface area contributed by atoms with E-state index in [0.717, 1.165) is 29.8 Å². The molecule has 150 valence electrons. The summed E-state index contributed by atoms with van der Waals surface area (Å²) in [6, 6.07) is 5.30. The Morgan fingerprint density at radius 1 is 1.04 bits per heavy atom. The molecule has 0 saturated carbocycles. The highest BCUT2D eigenvalue weighted by atomic mass is 16.4. The third-order valence-electron chi connectivity index (χ3n) is 3.20. The monoisotopic (exact) mass is 382 g/mol. The Labute approximate surface area is 156 Å². The Morgan fingerprint density at radius 2 is 1.56 bits per heavy atom. The zero-order valence-electron chi connectivity index (χ0n) is 15.1. The van der Waals surface area contributed by atoms with Crippen LogP contribution in [0.25, 0.3) is 10.9 Å². The summed E-state index contributed by atoms with van der Waals surface area (Å²) in [5.74, 6) is -2.28. The van der Waals surface area contributed by atoms with Crippen molar-refractivity contribution in [2.75, 3.05) is 6.54 Å². The number of phenolic OH excluding ortho intramolecular Hbond substituents is 1. The molecule has 0 spiro atoms. The third-order valence-corrected chi connectivity index (χ3v) is 3.20. The van der Waals surface area contributed by atoms with Gasteiger partial charge in [0.2, 0.25) is 0 Å². The number of H-pyrrole nitrogens is 1. The van der Waals surface area contributed by atoms with Crippen molar-refractivity contribution in [1.29, 1.82) is 0 Å². The van der Waals surface area contributed by atoms with Crippen LogP contribution >= 0.6 is 0 Å². The van der Waals surface area contributed by atoms with Gasteiger partial charge in [0.05, 0.1) is 0 Å². The predicted octanol–water partition coefficient (Wildman–Crippen LogP) is 2.18. The summed E-state index contributed by atoms with van der Waals surface area (Å²) < 4.78 is 0. The SMILES string of the molecule is CC(=O)O.NCCc1c[nH]c2ccc(O)cc12.O=C(O)CCCCC(=O)O. The van der Waals surface area contributed by atoms with Gasteiger partial charge < -0.3 is 31.1 Å². The number of hydrogen-bond acceptors (Lipinski definition) is 5. The molecule has 1 aromatic carbocycles. The van der Waals surface area contributed by atoms with Gasteiger partial charge in [-0.3, -0.25) is 14.4 Å². The van der Waals surface area contributed by atoms with Gasteiger partial charge in [0.15, 0.2) is 0 Å². The quantitative estimate of drug-likeness (QED) is 0.395. The van der Waals surface area contributed by atoms with E-state index in [2.05, 4.69) is 4.98 Å². The number of carboxylic acids is 3. The number of nitrogens with two attached hydrogens (primary N) is 1. The molecule has 9 heteroatoms. The van der Waals surface area contributed by atoms with Gasteiger partial charge in [0, 0.05) is 36.9 Å². The first kappa shape index (κ1) is 23.9. The molecule has 27 heavy (non-hydrogen) atoms. The average molecular weight is 382 g/mol. The van der Waals surface area contributed by atoms with E-state index in [4.69, 9.17) is 25.8 Å². The van der Waals surface area contributed by atoms with E-state index in [9.17, 15) is 14.7 Å². The van der Waals surface area contributed by atoms with Crippen molar-refractivity contribution in [2.45, 2.75) is 39.0 Å². The van der Waals surface area contributed by atoms with Crippen molar-refractivity contribution in [3.8, 4) is 5.75 Å². The lowest BCUT2D eigenvalue weighted by Gasteiger charge is -1.96. The smallest absolute Gasteiger partial charge is 0.303 e. The van der Waals surface area contributed by atoms with Crippen LogP contribution in [0.15, 0.2) is 24.4 Å². The lowest BCUT2D eigenvalue weighted by Crippen LogP contribution is -2.01. The number of aromatic hydroxyl groups is 1. The number of carboxylic acid groups (broad SMARTS) is 3. The highest BCUT2D eigenvalue weighted by Gasteiger charge is 2.02. The Hall–Kier alpha value is -3.07. The predicted molar refractivity (Wildman–Crippen MR) is 99.8 cm³/mol. The Balaban J connectivity index is 0.000000432. The van der Waals surface area contributed by atoms with Crippen molar-refractivity contribution in [2.24, 2.45) is 5.73 Å². The number of aliphatic carboxylic acids is 3. The molecule has 7 N–H and O–H groups in total. The number of hydrogen-bond donors (Lipinski definition) is 6. The fourth-order valence-corrected chi connectivity index (χ4v) is 2.08. The second kappa shape index (κ2) is 13.2. The fraction of sp³-hybridized carbons (Fsp3) is 0.389. The number of phenols is 1. The van der Waals surface area contributed by atoms with E-state index in [1.165, 1.54) is 0 Å². The van der Waals surface area contributed by atoms with Gasteiger partial charge in [-0.15, -0.1) is 0 Å². The van der Waals surface area contributed by atoms with Crippen LogP contribution in [-0.2, 0) is 20.8 Å². The van der Waals surface area contributed by atoms with Crippen LogP contribution in [0.4, 0.5) is 0 Å². The fourth-order valence-electron chi connectivity index (χ4n) is 2.08. The maximum Gasteiger partial charge on any atom is 0.303 e. The standard InChI is InChI=1S/C10H12N2O.C6H10O4.C2H4O2/c11-4-3-7-6-12-10-2-1-8(13)5-9(7)10;7-5(8)3-1-2-4-6(9)10;1-2(3)4/h1-2,5-6,12-13H,3-4,11H2;1-4H2,(H,7,8)(H,9,10);1H3,(H,3,4). The van der Waals surface area contributed by atoms with Gasteiger partial charge in [-0.1, -0.05) is 0 Å². The molecule has 0 aliphatic rings. The second-order valence-electron chi connectivity index (χ2n) is 5.60. The molecule has 0 aliphatic heterocycles. The molecule has 0 saturated heterocycles. The van der Waals surface area contributed by atoms with E-state index >= 15 is 0 Å². The first-order chi connectivity index (χ1) is 12.7. The van der Waals surface area contributed by atoms with Crippen LogP contribution in [0.3, 0.4) is 0 Å².